The monoisotopic (exact) mass is 262 g/mol. The van der Waals surface area contributed by atoms with Crippen molar-refractivity contribution in [1.29, 1.82) is 0 Å². The molecule has 0 saturated carbocycles. The van der Waals surface area contributed by atoms with Crippen molar-refractivity contribution in [3.8, 4) is 0 Å². The number of hydrogen-bond acceptors (Lipinski definition) is 6. The summed E-state index contributed by atoms with van der Waals surface area (Å²) in [5.41, 5.74) is 0. The predicted molar refractivity (Wildman–Crippen MR) is 64.1 cm³/mol. The highest BCUT2D eigenvalue weighted by atomic mass is 16.6. The Balaban J connectivity index is 3.32. The second-order valence-electron chi connectivity index (χ2n) is 3.63. The van der Waals surface area contributed by atoms with Crippen LogP contribution in [0.15, 0.2) is 0 Å². The van der Waals surface area contributed by atoms with Gasteiger partial charge >= 0.3 is 11.9 Å². The first-order valence-electron chi connectivity index (χ1n) is 5.99. The molecule has 0 atom stereocenters. The van der Waals surface area contributed by atoms with Crippen LogP contribution in [-0.2, 0) is 28.5 Å². The summed E-state index contributed by atoms with van der Waals surface area (Å²) in [5.74, 6) is -0.528. The minimum atomic E-state index is -0.264. The lowest BCUT2D eigenvalue weighted by Crippen LogP contribution is -2.11. The van der Waals surface area contributed by atoms with Crippen molar-refractivity contribution >= 4 is 11.9 Å². The molecule has 0 saturated heterocycles. The molecule has 0 N–H and O–H groups in total. The fourth-order valence-corrected chi connectivity index (χ4v) is 1.16. The largest absolute Gasteiger partial charge is 0.463 e. The Kier molecular flexibility index (Phi) is 11.5. The molecule has 6 heteroatoms. The molecule has 0 aliphatic carbocycles. The molecule has 0 bridgehead atoms. The van der Waals surface area contributed by atoms with Crippen LogP contribution in [0.1, 0.15) is 25.7 Å². The molecular formula is C12H22O6. The van der Waals surface area contributed by atoms with E-state index in [1.54, 1.807) is 14.2 Å². The van der Waals surface area contributed by atoms with Crippen LogP contribution < -0.4 is 0 Å². The molecule has 0 rings (SSSR count). The van der Waals surface area contributed by atoms with E-state index in [1.165, 1.54) is 0 Å². The molecule has 0 aliphatic heterocycles. The van der Waals surface area contributed by atoms with Gasteiger partial charge in [-0.3, -0.25) is 9.59 Å². The molecule has 6 nitrogen and oxygen atoms in total. The van der Waals surface area contributed by atoms with Crippen molar-refractivity contribution in [3.63, 3.8) is 0 Å². The Morgan fingerprint density at radius 3 is 1.44 bits per heavy atom. The smallest absolute Gasteiger partial charge is 0.305 e. The zero-order valence-electron chi connectivity index (χ0n) is 11.1. The first-order valence-corrected chi connectivity index (χ1v) is 5.99. The Hall–Kier alpha value is -1.14. The maximum atomic E-state index is 11.2. The van der Waals surface area contributed by atoms with Gasteiger partial charge in [-0.1, -0.05) is 0 Å². The number of unbranched alkanes of at least 4 members (excludes halogenated alkanes) is 1. The van der Waals surface area contributed by atoms with E-state index in [1.807, 2.05) is 0 Å². The van der Waals surface area contributed by atoms with E-state index < -0.39 is 0 Å². The summed E-state index contributed by atoms with van der Waals surface area (Å²) in [6, 6.07) is 0. The summed E-state index contributed by atoms with van der Waals surface area (Å²) in [7, 11) is 3.09. The molecule has 0 fully saturated rings. The van der Waals surface area contributed by atoms with Crippen molar-refractivity contribution in [2.45, 2.75) is 25.7 Å². The van der Waals surface area contributed by atoms with Gasteiger partial charge in [0.25, 0.3) is 0 Å². The highest BCUT2D eigenvalue weighted by Gasteiger charge is 2.05. The molecule has 0 aromatic carbocycles. The summed E-state index contributed by atoms with van der Waals surface area (Å²) < 4.78 is 19.2. The van der Waals surface area contributed by atoms with Gasteiger partial charge in [0.05, 0.1) is 13.2 Å². The van der Waals surface area contributed by atoms with E-state index >= 15 is 0 Å². The van der Waals surface area contributed by atoms with E-state index in [0.717, 1.165) is 0 Å². The average Bonchev–Trinajstić information content (AvgIpc) is 2.35. The van der Waals surface area contributed by atoms with E-state index in [0.29, 0.717) is 38.9 Å². The van der Waals surface area contributed by atoms with Gasteiger partial charge in [-0.2, -0.15) is 0 Å². The second-order valence-corrected chi connectivity index (χ2v) is 3.63. The Bertz CT molecular complexity index is 205. The number of carbonyl (C=O) groups excluding carboxylic acids is 2. The number of ether oxygens (including phenoxy) is 4. The van der Waals surface area contributed by atoms with E-state index in [4.69, 9.17) is 18.9 Å². The Labute approximate surface area is 108 Å². The molecule has 0 aromatic rings. The maximum Gasteiger partial charge on any atom is 0.305 e. The minimum absolute atomic E-state index is 0.264. The van der Waals surface area contributed by atoms with Crippen molar-refractivity contribution in [3.05, 3.63) is 0 Å². The van der Waals surface area contributed by atoms with Crippen molar-refractivity contribution in [2.24, 2.45) is 0 Å². The van der Waals surface area contributed by atoms with Crippen LogP contribution in [0.4, 0.5) is 0 Å². The average molecular weight is 262 g/mol. The van der Waals surface area contributed by atoms with Gasteiger partial charge in [0, 0.05) is 27.1 Å². The van der Waals surface area contributed by atoms with Gasteiger partial charge in [-0.25, -0.2) is 0 Å². The van der Waals surface area contributed by atoms with Crippen molar-refractivity contribution < 1.29 is 28.5 Å². The zero-order chi connectivity index (χ0) is 13.6. The maximum absolute atomic E-state index is 11.2. The van der Waals surface area contributed by atoms with E-state index in [2.05, 4.69) is 0 Å². The SMILES string of the molecule is COCCOC(=O)CCCCC(=O)OCCOC. The van der Waals surface area contributed by atoms with Gasteiger partial charge in [-0.05, 0) is 12.8 Å². The topological polar surface area (TPSA) is 71.1 Å². The Morgan fingerprint density at radius 2 is 1.11 bits per heavy atom. The highest BCUT2D eigenvalue weighted by molar-refractivity contribution is 5.70. The molecule has 0 unspecified atom stereocenters. The van der Waals surface area contributed by atoms with Gasteiger partial charge in [0.2, 0.25) is 0 Å². The van der Waals surface area contributed by atoms with E-state index in [-0.39, 0.29) is 25.2 Å². The number of methoxy groups -OCH3 is 2. The van der Waals surface area contributed by atoms with Gasteiger partial charge in [-0.15, -0.1) is 0 Å². The number of carbonyl (C=O) groups is 2. The first kappa shape index (κ1) is 16.9. The quantitative estimate of drug-likeness (QED) is 0.407. The molecule has 0 amide bonds. The third-order valence-corrected chi connectivity index (χ3v) is 2.11. The van der Waals surface area contributed by atoms with Crippen LogP contribution in [-0.4, -0.2) is 52.6 Å². The normalized spacial score (nSPS) is 10.1. The molecule has 0 spiro atoms. The summed E-state index contributed by atoms with van der Waals surface area (Å²) >= 11 is 0. The lowest BCUT2D eigenvalue weighted by Gasteiger charge is -2.05. The van der Waals surface area contributed by atoms with Crippen LogP contribution in [0, 0.1) is 0 Å². The van der Waals surface area contributed by atoms with Gasteiger partial charge < -0.3 is 18.9 Å². The molecule has 0 radical (unpaired) electrons. The standard InChI is InChI=1S/C12H22O6/c1-15-7-9-17-11(13)5-3-4-6-12(14)18-10-8-16-2/h3-10H2,1-2H3. The lowest BCUT2D eigenvalue weighted by molar-refractivity contribution is -0.147. The number of esters is 2. The van der Waals surface area contributed by atoms with Gasteiger partial charge in [0.1, 0.15) is 13.2 Å². The fraction of sp³-hybridized carbons (Fsp3) is 0.833. The van der Waals surface area contributed by atoms with Crippen LogP contribution in [0.25, 0.3) is 0 Å². The van der Waals surface area contributed by atoms with Crippen LogP contribution >= 0.6 is 0 Å². The van der Waals surface area contributed by atoms with Gasteiger partial charge in [0.15, 0.2) is 0 Å². The Morgan fingerprint density at radius 1 is 0.722 bits per heavy atom. The van der Waals surface area contributed by atoms with E-state index in [9.17, 15) is 9.59 Å². The summed E-state index contributed by atoms with van der Waals surface area (Å²) in [4.78, 5) is 22.3. The van der Waals surface area contributed by atoms with Crippen LogP contribution in [0.2, 0.25) is 0 Å². The molecular weight excluding hydrogens is 240 g/mol. The molecule has 0 aliphatic rings. The summed E-state index contributed by atoms with van der Waals surface area (Å²) in [6.45, 7) is 1.35. The molecule has 18 heavy (non-hydrogen) atoms. The minimum Gasteiger partial charge on any atom is -0.463 e. The van der Waals surface area contributed by atoms with Crippen molar-refractivity contribution in [1.82, 2.24) is 0 Å². The molecule has 0 heterocycles. The molecule has 106 valence electrons. The highest BCUT2D eigenvalue weighted by Crippen LogP contribution is 2.02. The third kappa shape index (κ3) is 11.3. The number of hydrogen-bond donors (Lipinski definition) is 0. The summed E-state index contributed by atoms with van der Waals surface area (Å²) in [6.07, 6.45) is 1.86. The summed E-state index contributed by atoms with van der Waals surface area (Å²) in [5, 5.41) is 0. The van der Waals surface area contributed by atoms with Crippen LogP contribution in [0.3, 0.4) is 0 Å². The van der Waals surface area contributed by atoms with Crippen molar-refractivity contribution in [2.75, 3.05) is 40.6 Å². The second kappa shape index (κ2) is 12.3. The zero-order valence-corrected chi connectivity index (χ0v) is 11.1. The predicted octanol–water partition coefficient (Wildman–Crippen LogP) is 0.926. The number of rotatable bonds is 11. The first-order chi connectivity index (χ1) is 8.70. The van der Waals surface area contributed by atoms with Crippen LogP contribution in [0.5, 0.6) is 0 Å². The fourth-order valence-electron chi connectivity index (χ4n) is 1.16. The lowest BCUT2D eigenvalue weighted by atomic mass is 10.2. The molecule has 0 aromatic heterocycles. The third-order valence-electron chi connectivity index (χ3n) is 2.11.